The molecule has 61 heavy (non-hydrogen) atoms. The first-order chi connectivity index (χ1) is 29.2. The number of aromatic nitrogens is 4. The van der Waals surface area contributed by atoms with Crippen molar-refractivity contribution in [1.29, 1.82) is 5.41 Å². The topological polar surface area (TPSA) is 156 Å². The number of hydrogen-bond donors (Lipinski definition) is 4. The molecule has 0 radical (unpaired) electrons. The van der Waals surface area contributed by atoms with E-state index in [1.165, 1.54) is 12.6 Å². The third kappa shape index (κ3) is 8.16. The molecule has 5 fully saturated rings. The standard InChI is InChI=1S/C47H62N10O3S/c1-30(2)56-18-16-55(17-19-56)20-21-60-47-26-44(5)23-45(6,27-47)25-46(24-44,28-47)29-49-32(4)35(22-48)34-13-14-38(51-39(34)42(58)59)57-15-9-10-33-31(3)40(53-54-41(33)57)52-43-50-36-11-7-8-12-37(36)61-43/h7-8,11-14,22,30,48-49H,9-10,15-21,23-29H2,1-6H3,(H,58,59)(H,50,52,53)/b35-32+,48-22?. The van der Waals surface area contributed by atoms with Gasteiger partial charge in [-0.05, 0) is 120 Å². The molecule has 14 heteroatoms. The quantitative estimate of drug-likeness (QED) is 0.0901. The first kappa shape index (κ1) is 41.8. The maximum Gasteiger partial charge on any atom is 0.355 e. The van der Waals surface area contributed by atoms with Gasteiger partial charge in [0, 0.05) is 86.0 Å². The van der Waals surface area contributed by atoms with Gasteiger partial charge in [-0.3, -0.25) is 9.80 Å². The van der Waals surface area contributed by atoms with Crippen LogP contribution in [0.1, 0.15) is 107 Å². The summed E-state index contributed by atoms with van der Waals surface area (Å²) in [5.41, 5.74) is 4.98. The molecule has 2 unspecified atom stereocenters. The van der Waals surface area contributed by atoms with Gasteiger partial charge >= 0.3 is 5.97 Å². The number of carboxylic acid groups (broad SMARTS) is 1. The third-order valence-corrected chi connectivity index (χ3v) is 15.4. The Morgan fingerprint density at radius 2 is 1.74 bits per heavy atom. The maximum atomic E-state index is 12.9. The van der Waals surface area contributed by atoms with Gasteiger partial charge in [0.25, 0.3) is 0 Å². The molecule has 2 aliphatic heterocycles. The zero-order chi connectivity index (χ0) is 42.7. The van der Waals surface area contributed by atoms with E-state index in [1.807, 2.05) is 43.0 Å². The van der Waals surface area contributed by atoms with Crippen molar-refractivity contribution < 1.29 is 14.6 Å². The number of pyridine rings is 1. The highest BCUT2D eigenvalue weighted by molar-refractivity contribution is 7.22. The number of fused-ring (bicyclic) bond motifs is 2. The van der Waals surface area contributed by atoms with Gasteiger partial charge in [-0.2, -0.15) is 0 Å². The molecule has 5 heterocycles. The van der Waals surface area contributed by atoms with Crippen molar-refractivity contribution in [3.8, 4) is 0 Å². The van der Waals surface area contributed by atoms with Gasteiger partial charge in [-0.15, -0.1) is 10.2 Å². The van der Waals surface area contributed by atoms with Crippen molar-refractivity contribution in [3.05, 3.63) is 64.5 Å². The van der Waals surface area contributed by atoms with Crippen LogP contribution in [0.5, 0.6) is 0 Å². The molecular formula is C47H62N10O3S. The summed E-state index contributed by atoms with van der Waals surface area (Å²) in [5, 5.41) is 36.3. The van der Waals surface area contributed by atoms with Crippen molar-refractivity contribution >= 4 is 61.9 Å². The summed E-state index contributed by atoms with van der Waals surface area (Å²) in [6.07, 6.45) is 9.73. The summed E-state index contributed by atoms with van der Waals surface area (Å²) in [4.78, 5) is 29.5. The minimum Gasteiger partial charge on any atom is -0.476 e. The summed E-state index contributed by atoms with van der Waals surface area (Å²) >= 11 is 1.57. The second-order valence-corrected chi connectivity index (χ2v) is 21.0. The van der Waals surface area contributed by atoms with Gasteiger partial charge in [0.05, 0.1) is 22.4 Å². The number of carboxylic acids is 1. The molecule has 4 bridgehead atoms. The van der Waals surface area contributed by atoms with Crippen LogP contribution in [-0.2, 0) is 11.2 Å². The number of thiazole rings is 1. The predicted octanol–water partition coefficient (Wildman–Crippen LogP) is 8.45. The van der Waals surface area contributed by atoms with Gasteiger partial charge in [0.1, 0.15) is 5.82 Å². The van der Waals surface area contributed by atoms with Crippen molar-refractivity contribution in [2.75, 3.05) is 62.6 Å². The molecule has 10 rings (SSSR count). The van der Waals surface area contributed by atoms with E-state index in [0.29, 0.717) is 41.2 Å². The SMILES string of the molecule is C/C(NCC12CC3(C)CC(C)(C1)CC(OCCN1CCN(C(C)C)CC1)(C3)C2)=C(/C=N)c1ccc(N2CCCc3c2nnc(Nc2nc4ccccc4s2)c3C)nc1C(=O)O. The molecule has 4 aliphatic carbocycles. The first-order valence-corrected chi connectivity index (χ1v) is 23.1. The van der Waals surface area contributed by atoms with E-state index in [9.17, 15) is 9.90 Å². The zero-order valence-corrected chi connectivity index (χ0v) is 37.6. The van der Waals surface area contributed by atoms with Crippen molar-refractivity contribution in [2.45, 2.75) is 105 Å². The van der Waals surface area contributed by atoms with Crippen LogP contribution in [0.25, 0.3) is 15.8 Å². The molecule has 6 aliphatic rings. The van der Waals surface area contributed by atoms with E-state index in [-0.39, 0.29) is 27.5 Å². The molecule has 2 atom stereocenters. The van der Waals surface area contributed by atoms with Crippen LogP contribution in [-0.4, -0.2) is 111 Å². The maximum absolute atomic E-state index is 12.9. The first-order valence-electron chi connectivity index (χ1n) is 22.2. The van der Waals surface area contributed by atoms with E-state index in [2.05, 4.69) is 64.4 Å². The number of para-hydroxylation sites is 1. The number of ether oxygens (including phenoxy) is 1. The van der Waals surface area contributed by atoms with Crippen molar-refractivity contribution in [1.82, 2.24) is 35.3 Å². The van der Waals surface area contributed by atoms with E-state index >= 15 is 0 Å². The van der Waals surface area contributed by atoms with E-state index in [4.69, 9.17) is 20.1 Å². The number of benzene rings is 1. The predicted molar refractivity (Wildman–Crippen MR) is 244 cm³/mol. The highest BCUT2D eigenvalue weighted by Crippen LogP contribution is 2.71. The Hall–Kier alpha value is -4.50. The monoisotopic (exact) mass is 846 g/mol. The number of nitrogens with one attached hydrogen (secondary N) is 3. The number of piperazine rings is 1. The molecule has 4 saturated carbocycles. The van der Waals surface area contributed by atoms with E-state index < -0.39 is 5.97 Å². The van der Waals surface area contributed by atoms with Gasteiger partial charge in [0.15, 0.2) is 22.5 Å². The molecule has 0 spiro atoms. The largest absolute Gasteiger partial charge is 0.476 e. The van der Waals surface area contributed by atoms with Crippen LogP contribution in [0, 0.1) is 28.6 Å². The molecule has 0 amide bonds. The third-order valence-electron chi connectivity index (χ3n) is 14.4. The average molecular weight is 847 g/mol. The van der Waals surface area contributed by atoms with Crippen LogP contribution in [0.4, 0.5) is 22.6 Å². The minimum atomic E-state index is -1.14. The Bertz CT molecular complexity index is 2320. The zero-order valence-electron chi connectivity index (χ0n) is 36.7. The number of allylic oxidation sites excluding steroid dienone is 2. The molecule has 1 saturated heterocycles. The Kier molecular flexibility index (Phi) is 11.0. The second kappa shape index (κ2) is 16.0. The van der Waals surface area contributed by atoms with Crippen LogP contribution in [0.15, 0.2) is 42.1 Å². The molecule has 324 valence electrons. The molecule has 3 aromatic heterocycles. The number of aromatic carboxylic acids is 1. The van der Waals surface area contributed by atoms with Crippen LogP contribution in [0.3, 0.4) is 0 Å². The number of hydrogen-bond acceptors (Lipinski definition) is 13. The van der Waals surface area contributed by atoms with Gasteiger partial charge in [-0.1, -0.05) is 37.3 Å². The van der Waals surface area contributed by atoms with Crippen LogP contribution < -0.4 is 15.5 Å². The average Bonchev–Trinajstić information content (AvgIpc) is 3.63. The van der Waals surface area contributed by atoms with Gasteiger partial charge in [-0.25, -0.2) is 14.8 Å². The second-order valence-electron chi connectivity index (χ2n) is 19.9. The molecule has 1 aromatic carbocycles. The lowest BCUT2D eigenvalue weighted by molar-refractivity contribution is -0.244. The lowest BCUT2D eigenvalue weighted by atomic mass is 9.39. The normalized spacial score (nSPS) is 28.0. The number of rotatable bonds is 14. The Balaban J connectivity index is 0.916. The van der Waals surface area contributed by atoms with Crippen LogP contribution >= 0.6 is 11.3 Å². The minimum absolute atomic E-state index is 0.0534. The molecule has 4 aromatic rings. The lowest BCUT2D eigenvalue weighted by Gasteiger charge is -2.69. The fourth-order valence-corrected chi connectivity index (χ4v) is 13.7. The van der Waals surface area contributed by atoms with Gasteiger partial charge in [0.2, 0.25) is 0 Å². The Morgan fingerprint density at radius 1 is 0.984 bits per heavy atom. The highest BCUT2D eigenvalue weighted by atomic mass is 32.1. The fraction of sp³-hybridized carbons (Fsp3) is 0.574. The Labute approximate surface area is 363 Å². The Morgan fingerprint density at radius 3 is 2.44 bits per heavy atom. The fourth-order valence-electron chi connectivity index (χ4n) is 12.8. The number of nitrogens with zero attached hydrogens (tertiary/aromatic N) is 7. The van der Waals surface area contributed by atoms with E-state index in [0.717, 1.165) is 123 Å². The summed E-state index contributed by atoms with van der Waals surface area (Å²) in [5.74, 6) is 0.696. The highest BCUT2D eigenvalue weighted by Gasteiger charge is 2.66. The summed E-state index contributed by atoms with van der Waals surface area (Å²) in [7, 11) is 0. The lowest BCUT2D eigenvalue weighted by Crippen LogP contribution is -2.65. The van der Waals surface area contributed by atoms with Crippen molar-refractivity contribution in [3.63, 3.8) is 0 Å². The summed E-state index contributed by atoms with van der Waals surface area (Å²) in [6, 6.07) is 12.3. The molecular weight excluding hydrogens is 785 g/mol. The van der Waals surface area contributed by atoms with Crippen molar-refractivity contribution in [2.24, 2.45) is 16.2 Å². The summed E-state index contributed by atoms with van der Waals surface area (Å²) < 4.78 is 8.16. The summed E-state index contributed by atoms with van der Waals surface area (Å²) in [6.45, 7) is 21.1. The van der Waals surface area contributed by atoms with E-state index in [1.54, 1.807) is 17.4 Å². The number of anilines is 4. The molecule has 4 N–H and O–H groups in total. The number of carbonyl (C=O) groups is 1. The van der Waals surface area contributed by atoms with Gasteiger partial charge < -0.3 is 30.8 Å². The smallest absolute Gasteiger partial charge is 0.355 e. The molecule has 13 nitrogen and oxygen atoms in total. The van der Waals surface area contributed by atoms with Crippen LogP contribution in [0.2, 0.25) is 0 Å².